The van der Waals surface area contributed by atoms with Crippen molar-refractivity contribution in [1.29, 1.82) is 0 Å². The van der Waals surface area contributed by atoms with E-state index in [9.17, 15) is 14.7 Å². The molecule has 1 unspecified atom stereocenters. The average molecular weight is 521 g/mol. The summed E-state index contributed by atoms with van der Waals surface area (Å²) in [6.07, 6.45) is 1.36. The molecule has 190 valence electrons. The van der Waals surface area contributed by atoms with E-state index in [-0.39, 0.29) is 11.3 Å². The van der Waals surface area contributed by atoms with Gasteiger partial charge in [0.25, 0.3) is 5.91 Å². The number of nitrogens with zero attached hydrogens (tertiary/aromatic N) is 2. The lowest BCUT2D eigenvalue weighted by Gasteiger charge is -2.25. The Hall–Kier alpha value is -4.31. The number of Topliss-reactive ketones (excluding diaryl/α,β-unsaturated/α-hetero) is 1. The molecule has 0 aliphatic carbocycles. The summed E-state index contributed by atoms with van der Waals surface area (Å²) in [6, 6.07) is 12.6. The Bertz CT molecular complexity index is 1510. The van der Waals surface area contributed by atoms with Gasteiger partial charge in [0.05, 0.1) is 48.4 Å². The highest BCUT2D eigenvalue weighted by molar-refractivity contribution is 7.22. The number of rotatable bonds is 9. The highest BCUT2D eigenvalue weighted by Gasteiger charge is 2.46. The normalized spacial score (nSPS) is 15.5. The topological polar surface area (TPSA) is 111 Å². The van der Waals surface area contributed by atoms with Crippen molar-refractivity contribution in [3.8, 4) is 17.2 Å². The molecule has 0 fully saturated rings. The van der Waals surface area contributed by atoms with E-state index in [1.54, 1.807) is 36.4 Å². The summed E-state index contributed by atoms with van der Waals surface area (Å²) in [6.45, 7) is 4.70. The number of aliphatic hydroxyl groups is 1. The number of amides is 1. The quantitative estimate of drug-likeness (QED) is 0.289. The van der Waals surface area contributed by atoms with Crippen LogP contribution in [0.1, 0.15) is 36.0 Å². The minimum Gasteiger partial charge on any atom is -0.503 e. The van der Waals surface area contributed by atoms with Crippen LogP contribution in [-0.2, 0) is 4.79 Å². The molecular weight excluding hydrogens is 496 g/mol. The number of furan rings is 1. The first-order valence-corrected chi connectivity index (χ1v) is 12.5. The van der Waals surface area contributed by atoms with Gasteiger partial charge in [0.1, 0.15) is 5.75 Å². The highest BCUT2D eigenvalue weighted by atomic mass is 32.1. The SMILES string of the molecule is CCOc1ccc2nc(N3C(=O)C(O)=C(C(=O)c4ccco4)C3c3ccc(OCC)c(OC)c3)sc2c1. The molecule has 37 heavy (non-hydrogen) atoms. The Morgan fingerprint density at radius 2 is 1.92 bits per heavy atom. The zero-order valence-electron chi connectivity index (χ0n) is 20.4. The molecule has 0 saturated carbocycles. The largest absolute Gasteiger partial charge is 0.503 e. The summed E-state index contributed by atoms with van der Waals surface area (Å²) in [7, 11) is 1.50. The fourth-order valence-electron chi connectivity index (χ4n) is 4.27. The maximum Gasteiger partial charge on any atom is 0.296 e. The molecule has 0 radical (unpaired) electrons. The van der Waals surface area contributed by atoms with Gasteiger partial charge >= 0.3 is 0 Å². The zero-order chi connectivity index (χ0) is 26.1. The minimum absolute atomic E-state index is 0.00441. The second-order valence-corrected chi connectivity index (χ2v) is 9.06. The smallest absolute Gasteiger partial charge is 0.296 e. The van der Waals surface area contributed by atoms with Gasteiger partial charge in [-0.15, -0.1) is 0 Å². The maximum atomic E-state index is 13.5. The number of carbonyl (C=O) groups is 2. The van der Waals surface area contributed by atoms with Crippen LogP contribution in [-0.4, -0.2) is 42.1 Å². The van der Waals surface area contributed by atoms with E-state index in [0.717, 1.165) is 4.70 Å². The van der Waals surface area contributed by atoms with Crippen LogP contribution in [0.5, 0.6) is 17.2 Å². The lowest BCUT2D eigenvalue weighted by molar-refractivity contribution is -0.117. The molecule has 5 rings (SSSR count). The molecule has 0 saturated heterocycles. The van der Waals surface area contributed by atoms with E-state index in [2.05, 4.69) is 4.98 Å². The van der Waals surface area contributed by atoms with Crippen molar-refractivity contribution in [1.82, 2.24) is 4.98 Å². The Balaban J connectivity index is 1.66. The molecule has 2 aromatic carbocycles. The minimum atomic E-state index is -0.985. The molecule has 0 bridgehead atoms. The van der Waals surface area contributed by atoms with E-state index in [0.29, 0.717) is 46.7 Å². The molecule has 1 N–H and O–H groups in total. The van der Waals surface area contributed by atoms with Crippen molar-refractivity contribution < 1.29 is 33.3 Å². The maximum absolute atomic E-state index is 13.5. The number of ether oxygens (including phenoxy) is 3. The first-order valence-electron chi connectivity index (χ1n) is 11.7. The van der Waals surface area contributed by atoms with E-state index >= 15 is 0 Å². The monoisotopic (exact) mass is 520 g/mol. The van der Waals surface area contributed by atoms with Crippen LogP contribution in [0.2, 0.25) is 0 Å². The first kappa shape index (κ1) is 24.4. The summed E-state index contributed by atoms with van der Waals surface area (Å²) < 4.78 is 22.8. The van der Waals surface area contributed by atoms with Crippen LogP contribution in [0.4, 0.5) is 5.13 Å². The summed E-state index contributed by atoms with van der Waals surface area (Å²) >= 11 is 1.26. The van der Waals surface area contributed by atoms with Gasteiger partial charge in [-0.1, -0.05) is 17.4 Å². The van der Waals surface area contributed by atoms with Crippen molar-refractivity contribution >= 4 is 38.4 Å². The highest BCUT2D eigenvalue weighted by Crippen LogP contribution is 2.46. The molecule has 10 heteroatoms. The molecule has 1 atom stereocenters. The van der Waals surface area contributed by atoms with Gasteiger partial charge in [0.15, 0.2) is 28.1 Å². The average Bonchev–Trinajstić information content (AvgIpc) is 3.63. The number of carbonyl (C=O) groups excluding carboxylic acids is 2. The van der Waals surface area contributed by atoms with E-state index in [4.69, 9.17) is 18.6 Å². The molecule has 3 heterocycles. The third-order valence-electron chi connectivity index (χ3n) is 5.87. The fourth-order valence-corrected chi connectivity index (χ4v) is 5.29. The molecule has 9 nitrogen and oxygen atoms in total. The van der Waals surface area contributed by atoms with Crippen molar-refractivity contribution in [2.24, 2.45) is 0 Å². The molecule has 1 aliphatic heterocycles. The lowest BCUT2D eigenvalue weighted by Crippen LogP contribution is -2.31. The van der Waals surface area contributed by atoms with Crippen LogP contribution in [0.15, 0.2) is 70.5 Å². The van der Waals surface area contributed by atoms with E-state index in [1.165, 1.54) is 35.7 Å². The Morgan fingerprint density at radius 1 is 1.11 bits per heavy atom. The Labute approximate surface area is 216 Å². The van der Waals surface area contributed by atoms with E-state index < -0.39 is 23.5 Å². The van der Waals surface area contributed by atoms with Gasteiger partial charge in [-0.05, 0) is 61.9 Å². The second-order valence-electron chi connectivity index (χ2n) is 8.05. The molecule has 0 spiro atoms. The van der Waals surface area contributed by atoms with Gasteiger partial charge in [0, 0.05) is 0 Å². The predicted octanol–water partition coefficient (Wildman–Crippen LogP) is 5.48. The van der Waals surface area contributed by atoms with Gasteiger partial charge in [-0.3, -0.25) is 14.5 Å². The van der Waals surface area contributed by atoms with Gasteiger partial charge < -0.3 is 23.7 Å². The molecule has 2 aromatic heterocycles. The lowest BCUT2D eigenvalue weighted by atomic mass is 9.95. The van der Waals surface area contributed by atoms with Crippen LogP contribution >= 0.6 is 11.3 Å². The predicted molar refractivity (Wildman–Crippen MR) is 138 cm³/mol. The summed E-state index contributed by atoms with van der Waals surface area (Å²) in [4.78, 5) is 32.9. The number of hydrogen-bond acceptors (Lipinski definition) is 9. The number of anilines is 1. The van der Waals surface area contributed by atoms with Gasteiger partial charge in [-0.25, -0.2) is 4.98 Å². The van der Waals surface area contributed by atoms with Crippen LogP contribution in [0, 0.1) is 0 Å². The third kappa shape index (κ3) is 4.29. The number of ketones is 1. The molecular formula is C27H24N2O7S. The number of aliphatic hydroxyl groups excluding tert-OH is 1. The zero-order valence-corrected chi connectivity index (χ0v) is 21.2. The van der Waals surface area contributed by atoms with Crippen LogP contribution in [0.25, 0.3) is 10.2 Å². The first-order chi connectivity index (χ1) is 18.0. The van der Waals surface area contributed by atoms with E-state index in [1.807, 2.05) is 19.9 Å². The third-order valence-corrected chi connectivity index (χ3v) is 6.88. The second kappa shape index (κ2) is 9.98. The van der Waals surface area contributed by atoms with Crippen molar-refractivity contribution in [3.63, 3.8) is 0 Å². The number of fused-ring (bicyclic) bond motifs is 1. The summed E-state index contributed by atoms with van der Waals surface area (Å²) in [5.41, 5.74) is 1.08. The number of aromatic nitrogens is 1. The number of thiazole rings is 1. The Morgan fingerprint density at radius 3 is 2.62 bits per heavy atom. The Kier molecular flexibility index (Phi) is 6.58. The van der Waals surface area contributed by atoms with Crippen LogP contribution < -0.4 is 19.1 Å². The summed E-state index contributed by atoms with van der Waals surface area (Å²) in [5.74, 6) is -0.375. The molecule has 1 amide bonds. The van der Waals surface area contributed by atoms with Gasteiger partial charge in [-0.2, -0.15) is 0 Å². The van der Waals surface area contributed by atoms with Crippen molar-refractivity contribution in [2.45, 2.75) is 19.9 Å². The number of benzene rings is 2. The number of hydrogen-bond donors (Lipinski definition) is 1. The van der Waals surface area contributed by atoms with Crippen molar-refractivity contribution in [3.05, 3.63) is 77.5 Å². The standard InChI is InChI=1S/C27H24N2O7S/c1-4-34-16-9-10-17-21(14-16)37-27(28-17)29-23(15-8-11-18(35-5-2)20(13-15)33-3)22(25(31)26(29)32)24(30)19-7-6-12-36-19/h6-14,23,31H,4-5H2,1-3H3. The molecule has 1 aliphatic rings. The van der Waals surface area contributed by atoms with Gasteiger partial charge in [0.2, 0.25) is 5.78 Å². The summed E-state index contributed by atoms with van der Waals surface area (Å²) in [5, 5.41) is 11.3. The number of methoxy groups -OCH3 is 1. The van der Waals surface area contributed by atoms with Crippen molar-refractivity contribution in [2.75, 3.05) is 25.2 Å². The van der Waals surface area contributed by atoms with Crippen LogP contribution in [0.3, 0.4) is 0 Å². The molecule has 4 aromatic rings. The fraction of sp³-hybridized carbons (Fsp3) is 0.222.